The van der Waals surface area contributed by atoms with Crippen molar-refractivity contribution in [3.8, 4) is 0 Å². The maximum absolute atomic E-state index is 12.1. The number of nitrogens with zero attached hydrogens (tertiary/aromatic N) is 1. The molecule has 1 fully saturated rings. The van der Waals surface area contributed by atoms with Gasteiger partial charge in [-0.2, -0.15) is 13.2 Å². The van der Waals surface area contributed by atoms with Crippen LogP contribution in [0.4, 0.5) is 13.2 Å². The minimum Gasteiger partial charge on any atom is -0.388 e. The number of rotatable bonds is 5. The molecule has 0 aromatic carbocycles. The Morgan fingerprint density at radius 3 is 2.36 bits per heavy atom. The van der Waals surface area contributed by atoms with Gasteiger partial charge in [-0.3, -0.25) is 10.3 Å². The van der Waals surface area contributed by atoms with E-state index in [4.69, 9.17) is 11.1 Å². The monoisotopic (exact) mass is 209 g/mol. The highest BCUT2D eigenvalue weighted by Gasteiger charge is 2.37. The Labute approximate surface area is 80.6 Å². The van der Waals surface area contributed by atoms with E-state index >= 15 is 0 Å². The summed E-state index contributed by atoms with van der Waals surface area (Å²) < 4.78 is 36.3. The van der Waals surface area contributed by atoms with Crippen LogP contribution < -0.4 is 5.73 Å². The summed E-state index contributed by atoms with van der Waals surface area (Å²) in [5.74, 6) is -0.0576. The Bertz CT molecular complexity index is 210. The van der Waals surface area contributed by atoms with E-state index < -0.39 is 12.7 Å². The van der Waals surface area contributed by atoms with Gasteiger partial charge in [0.05, 0.1) is 12.4 Å². The van der Waals surface area contributed by atoms with Gasteiger partial charge in [0.2, 0.25) is 0 Å². The first-order valence-electron chi connectivity index (χ1n) is 4.52. The molecule has 14 heavy (non-hydrogen) atoms. The second-order valence-corrected chi connectivity index (χ2v) is 3.59. The summed E-state index contributed by atoms with van der Waals surface area (Å²) in [4.78, 5) is 1.36. The van der Waals surface area contributed by atoms with Crippen LogP contribution in [0.25, 0.3) is 0 Å². The molecule has 3 nitrogen and oxygen atoms in total. The van der Waals surface area contributed by atoms with Crippen LogP contribution in [0.2, 0.25) is 0 Å². The lowest BCUT2D eigenvalue weighted by Crippen LogP contribution is -2.37. The Hall–Kier alpha value is -0.780. The molecular weight excluding hydrogens is 195 g/mol. The number of halogens is 3. The third-order valence-electron chi connectivity index (χ3n) is 2.11. The SMILES string of the molecule is N=C(N)CCN(CC(F)(F)F)C1CC1. The van der Waals surface area contributed by atoms with Gasteiger partial charge in [0.25, 0.3) is 0 Å². The highest BCUT2D eigenvalue weighted by atomic mass is 19.4. The zero-order valence-electron chi connectivity index (χ0n) is 7.77. The van der Waals surface area contributed by atoms with Crippen molar-refractivity contribution in [3.05, 3.63) is 0 Å². The van der Waals surface area contributed by atoms with Crippen molar-refractivity contribution in [1.29, 1.82) is 5.41 Å². The predicted octanol–water partition coefficient (Wildman–Crippen LogP) is 1.34. The van der Waals surface area contributed by atoms with Crippen molar-refractivity contribution in [2.45, 2.75) is 31.5 Å². The van der Waals surface area contributed by atoms with Gasteiger partial charge in [0.15, 0.2) is 0 Å². The summed E-state index contributed by atoms with van der Waals surface area (Å²) in [5.41, 5.74) is 5.10. The lowest BCUT2D eigenvalue weighted by atomic mass is 10.3. The van der Waals surface area contributed by atoms with E-state index in [2.05, 4.69) is 0 Å². The fraction of sp³-hybridized carbons (Fsp3) is 0.875. The summed E-state index contributed by atoms with van der Waals surface area (Å²) in [6.07, 6.45) is -2.28. The van der Waals surface area contributed by atoms with Gasteiger partial charge < -0.3 is 5.73 Å². The zero-order valence-corrected chi connectivity index (χ0v) is 7.77. The lowest BCUT2D eigenvalue weighted by Gasteiger charge is -2.22. The van der Waals surface area contributed by atoms with Crippen LogP contribution in [0.3, 0.4) is 0 Å². The van der Waals surface area contributed by atoms with Crippen LogP contribution in [-0.4, -0.2) is 36.0 Å². The smallest absolute Gasteiger partial charge is 0.388 e. The Kier molecular flexibility index (Phi) is 3.36. The predicted molar refractivity (Wildman–Crippen MR) is 47.2 cm³/mol. The molecule has 82 valence electrons. The van der Waals surface area contributed by atoms with Crippen LogP contribution in [-0.2, 0) is 0 Å². The maximum Gasteiger partial charge on any atom is 0.401 e. The normalized spacial score (nSPS) is 17.4. The number of amidine groups is 1. The Morgan fingerprint density at radius 1 is 1.43 bits per heavy atom. The average Bonchev–Trinajstić information content (AvgIpc) is 2.77. The van der Waals surface area contributed by atoms with Crippen molar-refractivity contribution in [3.63, 3.8) is 0 Å². The molecule has 0 aromatic heterocycles. The van der Waals surface area contributed by atoms with Crippen LogP contribution >= 0.6 is 0 Å². The molecule has 0 spiro atoms. The molecule has 1 aliphatic rings. The van der Waals surface area contributed by atoms with Gasteiger partial charge in [0.1, 0.15) is 0 Å². The number of alkyl halides is 3. The molecule has 1 saturated carbocycles. The van der Waals surface area contributed by atoms with Crippen molar-refractivity contribution >= 4 is 5.84 Å². The molecule has 0 amide bonds. The standard InChI is InChI=1S/C8H14F3N3/c9-8(10,11)5-14(6-1-2-6)4-3-7(12)13/h6H,1-5H2,(H3,12,13). The molecule has 3 N–H and O–H groups in total. The van der Waals surface area contributed by atoms with E-state index in [9.17, 15) is 13.2 Å². The van der Waals surface area contributed by atoms with Gasteiger partial charge in [-0.1, -0.05) is 0 Å². The molecule has 0 saturated heterocycles. The van der Waals surface area contributed by atoms with Crippen molar-refractivity contribution in [2.24, 2.45) is 5.73 Å². The number of hydrogen-bond donors (Lipinski definition) is 2. The summed E-state index contributed by atoms with van der Waals surface area (Å²) in [7, 11) is 0. The largest absolute Gasteiger partial charge is 0.401 e. The van der Waals surface area contributed by atoms with E-state index in [-0.39, 0.29) is 24.8 Å². The minimum absolute atomic E-state index is 0.0518. The number of hydrogen-bond acceptors (Lipinski definition) is 2. The second-order valence-electron chi connectivity index (χ2n) is 3.59. The summed E-state index contributed by atoms with van der Waals surface area (Å²) in [5, 5.41) is 6.95. The zero-order chi connectivity index (χ0) is 10.8. The number of nitrogens with one attached hydrogen (secondary N) is 1. The van der Waals surface area contributed by atoms with Gasteiger partial charge in [-0.25, -0.2) is 0 Å². The summed E-state index contributed by atoms with van der Waals surface area (Å²) >= 11 is 0. The van der Waals surface area contributed by atoms with E-state index in [1.54, 1.807) is 0 Å². The van der Waals surface area contributed by atoms with Crippen molar-refractivity contribution < 1.29 is 13.2 Å². The molecule has 0 heterocycles. The number of nitrogens with two attached hydrogens (primary N) is 1. The molecule has 0 bridgehead atoms. The maximum atomic E-state index is 12.1. The molecule has 0 atom stereocenters. The van der Waals surface area contributed by atoms with Crippen molar-refractivity contribution in [2.75, 3.05) is 13.1 Å². The first-order chi connectivity index (χ1) is 6.38. The summed E-state index contributed by atoms with van der Waals surface area (Å²) in [6, 6.07) is 0.0518. The average molecular weight is 209 g/mol. The molecular formula is C8H14F3N3. The molecule has 1 aliphatic carbocycles. The quantitative estimate of drug-likeness (QED) is 0.530. The van der Waals surface area contributed by atoms with Gasteiger partial charge in [0, 0.05) is 19.0 Å². The highest BCUT2D eigenvalue weighted by molar-refractivity contribution is 5.76. The molecule has 0 aliphatic heterocycles. The van der Waals surface area contributed by atoms with Gasteiger partial charge in [-0.05, 0) is 12.8 Å². The highest BCUT2D eigenvalue weighted by Crippen LogP contribution is 2.29. The van der Waals surface area contributed by atoms with Gasteiger partial charge in [-0.15, -0.1) is 0 Å². The van der Waals surface area contributed by atoms with Gasteiger partial charge >= 0.3 is 6.18 Å². The van der Waals surface area contributed by atoms with Crippen LogP contribution in [0, 0.1) is 5.41 Å². The van der Waals surface area contributed by atoms with E-state index in [1.807, 2.05) is 0 Å². The molecule has 0 radical (unpaired) electrons. The fourth-order valence-electron chi connectivity index (χ4n) is 1.32. The topological polar surface area (TPSA) is 53.1 Å². The van der Waals surface area contributed by atoms with Crippen LogP contribution in [0.5, 0.6) is 0 Å². The van der Waals surface area contributed by atoms with Crippen molar-refractivity contribution in [1.82, 2.24) is 4.90 Å². The Morgan fingerprint density at radius 2 is 2.00 bits per heavy atom. The van der Waals surface area contributed by atoms with E-state index in [0.29, 0.717) is 0 Å². The van der Waals surface area contributed by atoms with E-state index in [1.165, 1.54) is 4.90 Å². The first-order valence-corrected chi connectivity index (χ1v) is 4.52. The van der Waals surface area contributed by atoms with E-state index in [0.717, 1.165) is 12.8 Å². The van der Waals surface area contributed by atoms with Crippen LogP contribution in [0.15, 0.2) is 0 Å². The summed E-state index contributed by atoms with van der Waals surface area (Å²) in [6.45, 7) is -0.648. The van der Waals surface area contributed by atoms with Crippen LogP contribution in [0.1, 0.15) is 19.3 Å². The minimum atomic E-state index is -4.15. The lowest BCUT2D eigenvalue weighted by molar-refractivity contribution is -0.146. The Balaban J connectivity index is 2.35. The fourth-order valence-corrected chi connectivity index (χ4v) is 1.32. The second kappa shape index (κ2) is 4.16. The molecule has 1 rings (SSSR count). The first kappa shape index (κ1) is 11.3. The third-order valence-corrected chi connectivity index (χ3v) is 2.11. The molecule has 0 unspecified atom stereocenters. The third kappa shape index (κ3) is 4.45. The molecule has 0 aromatic rings. The molecule has 6 heteroatoms.